The van der Waals surface area contributed by atoms with Crippen LogP contribution in [0.1, 0.15) is 12.5 Å². The van der Waals surface area contributed by atoms with Gasteiger partial charge in [-0.2, -0.15) is 0 Å². The van der Waals surface area contributed by atoms with E-state index in [1.54, 1.807) is 6.08 Å². The Labute approximate surface area is 137 Å². The number of nitrogens with zero attached hydrogens (tertiary/aromatic N) is 1. The number of carboxylic acids is 1. The third kappa shape index (κ3) is 4.52. The van der Waals surface area contributed by atoms with Crippen LogP contribution in [0.3, 0.4) is 0 Å². The molecule has 0 aliphatic carbocycles. The van der Waals surface area contributed by atoms with E-state index >= 15 is 0 Å². The zero-order valence-corrected chi connectivity index (χ0v) is 13.4. The SMILES string of the molecule is CC(=C\c1ccccc1)/C=C1/SC(=S)N(CC(=O)O)C1=O.O. The molecule has 2 rings (SSSR count). The lowest BCUT2D eigenvalue weighted by Gasteiger charge is -2.10. The molecule has 0 bridgehead atoms. The average molecular weight is 337 g/mol. The zero-order chi connectivity index (χ0) is 15.4. The van der Waals surface area contributed by atoms with Crippen molar-refractivity contribution in [3.8, 4) is 0 Å². The van der Waals surface area contributed by atoms with Gasteiger partial charge in [-0.3, -0.25) is 14.5 Å². The molecule has 1 fully saturated rings. The number of carbonyl (C=O) groups is 2. The lowest BCUT2D eigenvalue weighted by molar-refractivity contribution is -0.140. The Morgan fingerprint density at radius 1 is 1.36 bits per heavy atom. The fourth-order valence-electron chi connectivity index (χ4n) is 1.83. The third-order valence-corrected chi connectivity index (χ3v) is 4.10. The summed E-state index contributed by atoms with van der Waals surface area (Å²) in [5.74, 6) is -1.43. The number of aliphatic carboxylic acids is 1. The largest absolute Gasteiger partial charge is 0.480 e. The van der Waals surface area contributed by atoms with Gasteiger partial charge in [0.25, 0.3) is 5.91 Å². The quantitative estimate of drug-likeness (QED) is 0.671. The highest BCUT2D eigenvalue weighted by molar-refractivity contribution is 8.26. The highest BCUT2D eigenvalue weighted by Crippen LogP contribution is 2.31. The van der Waals surface area contributed by atoms with E-state index in [-0.39, 0.29) is 15.7 Å². The van der Waals surface area contributed by atoms with E-state index in [9.17, 15) is 9.59 Å². The van der Waals surface area contributed by atoms with Crippen molar-refractivity contribution in [2.45, 2.75) is 6.92 Å². The van der Waals surface area contributed by atoms with Gasteiger partial charge in [0.1, 0.15) is 10.9 Å². The molecule has 0 aromatic heterocycles. The molecule has 1 amide bonds. The monoisotopic (exact) mass is 337 g/mol. The molecule has 0 saturated carbocycles. The second-order valence-electron chi connectivity index (χ2n) is 4.46. The van der Waals surface area contributed by atoms with Gasteiger partial charge in [-0.25, -0.2) is 0 Å². The zero-order valence-electron chi connectivity index (χ0n) is 11.8. The van der Waals surface area contributed by atoms with Crippen LogP contribution in [-0.2, 0) is 9.59 Å². The summed E-state index contributed by atoms with van der Waals surface area (Å²) in [5.41, 5.74) is 1.93. The van der Waals surface area contributed by atoms with Gasteiger partial charge < -0.3 is 10.6 Å². The van der Waals surface area contributed by atoms with Crippen molar-refractivity contribution in [2.75, 3.05) is 6.54 Å². The van der Waals surface area contributed by atoms with E-state index in [1.807, 2.05) is 43.3 Å². The Bertz CT molecular complexity index is 653. The maximum absolute atomic E-state index is 12.1. The van der Waals surface area contributed by atoms with E-state index < -0.39 is 12.5 Å². The van der Waals surface area contributed by atoms with Crippen molar-refractivity contribution in [3.63, 3.8) is 0 Å². The predicted octanol–water partition coefficient (Wildman–Crippen LogP) is 2.09. The summed E-state index contributed by atoms with van der Waals surface area (Å²) in [5, 5.41) is 8.78. The highest BCUT2D eigenvalue weighted by atomic mass is 32.2. The fourth-order valence-corrected chi connectivity index (χ4v) is 3.14. The number of thiocarbonyl (C=S) groups is 1. The number of hydrogen-bond acceptors (Lipinski definition) is 4. The van der Waals surface area contributed by atoms with Gasteiger partial charge in [0, 0.05) is 0 Å². The molecule has 1 saturated heterocycles. The van der Waals surface area contributed by atoms with Crippen LogP contribution in [-0.4, -0.2) is 38.2 Å². The summed E-state index contributed by atoms with van der Waals surface area (Å²) >= 11 is 6.17. The number of carbonyl (C=O) groups excluding carboxylic acids is 1. The van der Waals surface area contributed by atoms with E-state index in [0.29, 0.717) is 4.91 Å². The van der Waals surface area contributed by atoms with Crippen LogP contribution in [0.4, 0.5) is 0 Å². The standard InChI is InChI=1S/C15H13NO3S2.H2O/c1-10(7-11-5-3-2-4-6-11)8-12-14(19)16(9-13(17)18)15(20)21-12;/h2-8H,9H2,1H3,(H,17,18);1H2/b10-7+,12-8+;. The van der Waals surface area contributed by atoms with Crippen LogP contribution < -0.4 is 0 Å². The Morgan fingerprint density at radius 3 is 2.59 bits per heavy atom. The fraction of sp³-hybridized carbons (Fsp3) is 0.133. The summed E-state index contributed by atoms with van der Waals surface area (Å²) in [7, 11) is 0. The second kappa shape index (κ2) is 7.88. The molecule has 0 spiro atoms. The second-order valence-corrected chi connectivity index (χ2v) is 6.14. The molecule has 22 heavy (non-hydrogen) atoms. The molecule has 1 heterocycles. The molecule has 116 valence electrons. The van der Waals surface area contributed by atoms with Gasteiger partial charge in [-0.05, 0) is 24.1 Å². The molecule has 1 aliphatic heterocycles. The van der Waals surface area contributed by atoms with Crippen molar-refractivity contribution >= 4 is 46.3 Å². The van der Waals surface area contributed by atoms with E-state index in [0.717, 1.165) is 27.8 Å². The number of hydrogen-bond donors (Lipinski definition) is 1. The first-order valence-corrected chi connectivity index (χ1v) is 7.40. The summed E-state index contributed by atoms with van der Waals surface area (Å²) in [4.78, 5) is 24.4. The number of carboxylic acid groups (broad SMARTS) is 1. The molecular weight excluding hydrogens is 322 g/mol. The Balaban J connectivity index is 0.00000242. The maximum atomic E-state index is 12.1. The summed E-state index contributed by atoms with van der Waals surface area (Å²) in [6.07, 6.45) is 3.68. The predicted molar refractivity (Wildman–Crippen MR) is 91.3 cm³/mol. The molecule has 1 aromatic carbocycles. The van der Waals surface area contributed by atoms with Crippen LogP contribution in [0.15, 0.2) is 46.9 Å². The number of amides is 1. The van der Waals surface area contributed by atoms with Crippen LogP contribution in [0.25, 0.3) is 6.08 Å². The number of allylic oxidation sites excluding steroid dienone is 2. The average Bonchev–Trinajstić information content (AvgIpc) is 2.67. The molecule has 1 aliphatic rings. The van der Waals surface area contributed by atoms with Crippen LogP contribution in [0.2, 0.25) is 0 Å². The van der Waals surface area contributed by atoms with Crippen LogP contribution in [0.5, 0.6) is 0 Å². The van der Waals surface area contributed by atoms with Crippen LogP contribution >= 0.6 is 24.0 Å². The van der Waals surface area contributed by atoms with Crippen LogP contribution in [0, 0.1) is 0 Å². The minimum atomic E-state index is -1.08. The minimum absolute atomic E-state index is 0. The van der Waals surface area contributed by atoms with Gasteiger partial charge in [0.05, 0.1) is 4.91 Å². The van der Waals surface area contributed by atoms with Crippen molar-refractivity contribution in [1.82, 2.24) is 4.90 Å². The molecule has 0 unspecified atom stereocenters. The minimum Gasteiger partial charge on any atom is -0.480 e. The first kappa shape index (κ1) is 18.1. The Kier molecular flexibility index (Phi) is 6.48. The van der Waals surface area contributed by atoms with Crippen molar-refractivity contribution < 1.29 is 20.2 Å². The number of benzene rings is 1. The van der Waals surface area contributed by atoms with Crippen molar-refractivity contribution in [3.05, 3.63) is 52.4 Å². The highest BCUT2D eigenvalue weighted by Gasteiger charge is 2.33. The van der Waals surface area contributed by atoms with Gasteiger partial charge in [0.15, 0.2) is 0 Å². The lowest BCUT2D eigenvalue weighted by Crippen LogP contribution is -2.33. The summed E-state index contributed by atoms with van der Waals surface area (Å²) < 4.78 is 0.279. The summed E-state index contributed by atoms with van der Waals surface area (Å²) in [6, 6.07) is 9.74. The first-order chi connectivity index (χ1) is 9.97. The van der Waals surface area contributed by atoms with Gasteiger partial charge >= 0.3 is 5.97 Å². The summed E-state index contributed by atoms with van der Waals surface area (Å²) in [6.45, 7) is 1.49. The lowest BCUT2D eigenvalue weighted by atomic mass is 10.1. The Hall–Kier alpha value is -1.96. The molecule has 5 nitrogen and oxygen atoms in total. The maximum Gasteiger partial charge on any atom is 0.323 e. The van der Waals surface area contributed by atoms with Gasteiger partial charge in [-0.15, -0.1) is 0 Å². The molecule has 7 heteroatoms. The molecule has 0 atom stereocenters. The first-order valence-electron chi connectivity index (χ1n) is 6.18. The van der Waals surface area contributed by atoms with E-state index in [4.69, 9.17) is 17.3 Å². The van der Waals surface area contributed by atoms with E-state index in [2.05, 4.69) is 0 Å². The molecular formula is C15H15NO4S2. The third-order valence-electron chi connectivity index (χ3n) is 2.72. The molecule has 3 N–H and O–H groups in total. The normalized spacial score (nSPS) is 16.9. The number of rotatable bonds is 4. The smallest absolute Gasteiger partial charge is 0.323 e. The Morgan fingerprint density at radius 2 is 2.00 bits per heavy atom. The van der Waals surface area contributed by atoms with Crippen molar-refractivity contribution in [1.29, 1.82) is 0 Å². The van der Waals surface area contributed by atoms with E-state index in [1.165, 1.54) is 0 Å². The number of thioether (sulfide) groups is 1. The van der Waals surface area contributed by atoms with Crippen molar-refractivity contribution in [2.24, 2.45) is 0 Å². The molecule has 0 radical (unpaired) electrons. The van der Waals surface area contributed by atoms with Gasteiger partial charge in [-0.1, -0.05) is 60.4 Å². The topological polar surface area (TPSA) is 89.1 Å². The molecule has 1 aromatic rings. The van der Waals surface area contributed by atoms with Gasteiger partial charge in [0.2, 0.25) is 0 Å².